The largest absolute Gasteiger partial charge is 0.268 e. The van der Waals surface area contributed by atoms with Crippen molar-refractivity contribution in [2.24, 2.45) is 7.05 Å². The number of halogens is 2. The van der Waals surface area contributed by atoms with E-state index in [0.717, 1.165) is 5.52 Å². The van der Waals surface area contributed by atoms with Crippen molar-refractivity contribution in [2.45, 2.75) is 0 Å². The van der Waals surface area contributed by atoms with E-state index in [1.807, 2.05) is 0 Å². The minimum atomic E-state index is -0.354. The van der Waals surface area contributed by atoms with Gasteiger partial charge in [0.05, 0.1) is 23.3 Å². The lowest BCUT2D eigenvalue weighted by Crippen LogP contribution is -1.99. The summed E-state index contributed by atoms with van der Waals surface area (Å²) in [6, 6.07) is 3.46. The summed E-state index contributed by atoms with van der Waals surface area (Å²) in [5, 5.41) is 12.1. The molecule has 3 aromatic rings. The second kappa shape index (κ2) is 3.63. The molecule has 17 heavy (non-hydrogen) atoms. The third-order valence-corrected chi connectivity index (χ3v) is 2.92. The molecule has 0 N–H and O–H groups in total. The molecule has 0 aliphatic heterocycles. The van der Waals surface area contributed by atoms with Crippen LogP contribution in [0.3, 0.4) is 0 Å². The van der Waals surface area contributed by atoms with Crippen molar-refractivity contribution in [1.29, 1.82) is 0 Å². The lowest BCUT2D eigenvalue weighted by Gasteiger charge is -2.03. The molecule has 0 aliphatic rings. The van der Waals surface area contributed by atoms with Crippen LogP contribution >= 0.6 is 15.9 Å². The van der Waals surface area contributed by atoms with Crippen LogP contribution in [-0.4, -0.2) is 24.8 Å². The molecule has 3 rings (SSSR count). The average Bonchev–Trinajstić information content (AvgIpc) is 2.87. The highest BCUT2D eigenvalue weighted by Gasteiger charge is 2.12. The molecule has 0 saturated heterocycles. The van der Waals surface area contributed by atoms with Crippen molar-refractivity contribution in [3.05, 3.63) is 34.9 Å². The van der Waals surface area contributed by atoms with Crippen LogP contribution in [0.1, 0.15) is 0 Å². The normalized spacial score (nSPS) is 11.2. The molecule has 5 nitrogen and oxygen atoms in total. The highest BCUT2D eigenvalue weighted by Crippen LogP contribution is 2.23. The van der Waals surface area contributed by atoms with Gasteiger partial charge in [-0.05, 0) is 28.1 Å². The maximum atomic E-state index is 14.2. The molecule has 0 unspecified atom stereocenters. The number of aromatic nitrogens is 5. The van der Waals surface area contributed by atoms with Crippen LogP contribution in [0.5, 0.6) is 0 Å². The number of benzene rings is 1. The van der Waals surface area contributed by atoms with E-state index in [4.69, 9.17) is 0 Å². The third-order valence-electron chi connectivity index (χ3n) is 2.56. The predicted octanol–water partition coefficient (Wildman–Crippen LogP) is 2.06. The van der Waals surface area contributed by atoms with Crippen LogP contribution < -0.4 is 0 Å². The Bertz CT molecular complexity index is 702. The van der Waals surface area contributed by atoms with Gasteiger partial charge in [0.1, 0.15) is 10.3 Å². The van der Waals surface area contributed by atoms with E-state index in [9.17, 15) is 4.39 Å². The molecule has 0 spiro atoms. The van der Waals surface area contributed by atoms with E-state index < -0.39 is 0 Å². The first-order valence-corrected chi connectivity index (χ1v) is 5.64. The molecular formula is C10H7BrFN5. The number of fused-ring (bicyclic) bond motifs is 1. The summed E-state index contributed by atoms with van der Waals surface area (Å²) in [6.07, 6.45) is 3.10. The Hall–Kier alpha value is -1.76. The Labute approximate surface area is 104 Å². The molecule has 86 valence electrons. The first-order valence-electron chi connectivity index (χ1n) is 4.85. The monoisotopic (exact) mass is 295 g/mol. The van der Waals surface area contributed by atoms with E-state index in [2.05, 4.69) is 31.3 Å². The molecule has 0 amide bonds. The quantitative estimate of drug-likeness (QED) is 0.690. The van der Waals surface area contributed by atoms with Crippen LogP contribution in [-0.2, 0) is 7.05 Å². The predicted molar refractivity (Wildman–Crippen MR) is 63.3 cm³/mol. The second-order valence-electron chi connectivity index (χ2n) is 3.59. The first kappa shape index (κ1) is 10.4. The summed E-state index contributed by atoms with van der Waals surface area (Å²) in [4.78, 5) is 0. The van der Waals surface area contributed by atoms with Gasteiger partial charge >= 0.3 is 0 Å². The highest BCUT2D eigenvalue weighted by atomic mass is 79.9. The molecule has 0 atom stereocenters. The summed E-state index contributed by atoms with van der Waals surface area (Å²) in [6.45, 7) is 0. The Morgan fingerprint density at radius 3 is 2.88 bits per heavy atom. The molecule has 0 radical (unpaired) electrons. The molecule has 0 fully saturated rings. The van der Waals surface area contributed by atoms with Crippen LogP contribution in [0, 0.1) is 5.82 Å². The van der Waals surface area contributed by atoms with Crippen molar-refractivity contribution >= 4 is 26.8 Å². The van der Waals surface area contributed by atoms with Gasteiger partial charge in [0.25, 0.3) is 0 Å². The van der Waals surface area contributed by atoms with E-state index in [1.165, 1.54) is 10.9 Å². The molecule has 1 aromatic carbocycles. The Balaban J connectivity index is 2.28. The zero-order valence-corrected chi connectivity index (χ0v) is 10.4. The van der Waals surface area contributed by atoms with Gasteiger partial charge in [-0.1, -0.05) is 5.21 Å². The van der Waals surface area contributed by atoms with Gasteiger partial charge < -0.3 is 0 Å². The minimum absolute atomic E-state index is 0.351. The lowest BCUT2D eigenvalue weighted by molar-refractivity contribution is 0.618. The Kier molecular flexibility index (Phi) is 2.22. The third kappa shape index (κ3) is 1.54. The van der Waals surface area contributed by atoms with E-state index >= 15 is 0 Å². The van der Waals surface area contributed by atoms with Gasteiger partial charge in [-0.25, -0.2) is 9.07 Å². The van der Waals surface area contributed by atoms with Crippen LogP contribution in [0.4, 0.5) is 4.39 Å². The average molecular weight is 296 g/mol. The maximum absolute atomic E-state index is 14.2. The molecule has 7 heteroatoms. The smallest absolute Gasteiger partial charge is 0.159 e. The highest BCUT2D eigenvalue weighted by molar-refractivity contribution is 9.10. The van der Waals surface area contributed by atoms with Gasteiger partial charge in [0.15, 0.2) is 5.82 Å². The Morgan fingerprint density at radius 1 is 1.35 bits per heavy atom. The summed E-state index contributed by atoms with van der Waals surface area (Å²) in [7, 11) is 1.77. The van der Waals surface area contributed by atoms with Gasteiger partial charge in [-0.15, -0.1) is 5.10 Å². The van der Waals surface area contributed by atoms with E-state index in [1.54, 1.807) is 30.1 Å². The molecule has 0 aliphatic carbocycles. The summed E-state index contributed by atoms with van der Waals surface area (Å²) in [5.74, 6) is -0.354. The van der Waals surface area contributed by atoms with Crippen LogP contribution in [0.2, 0.25) is 0 Å². The van der Waals surface area contributed by atoms with E-state index in [-0.39, 0.29) is 5.82 Å². The van der Waals surface area contributed by atoms with Crippen LogP contribution in [0.15, 0.2) is 29.1 Å². The number of rotatable bonds is 1. The summed E-state index contributed by atoms with van der Waals surface area (Å²) in [5.41, 5.74) is 1.09. The fourth-order valence-corrected chi connectivity index (χ4v) is 1.99. The topological polar surface area (TPSA) is 48.5 Å². The van der Waals surface area contributed by atoms with Crippen molar-refractivity contribution in [2.75, 3.05) is 0 Å². The minimum Gasteiger partial charge on any atom is -0.268 e. The first-order chi connectivity index (χ1) is 8.16. The van der Waals surface area contributed by atoms with Gasteiger partial charge in [0, 0.05) is 7.05 Å². The van der Waals surface area contributed by atoms with Crippen molar-refractivity contribution in [3.63, 3.8) is 0 Å². The SMILES string of the molecule is Cn1ncc2c(F)c(-n3cc(Br)nn3)ccc21. The van der Waals surface area contributed by atoms with Gasteiger partial charge in [-0.3, -0.25) is 4.68 Å². The van der Waals surface area contributed by atoms with Gasteiger partial charge in [-0.2, -0.15) is 5.10 Å². The molecular weight excluding hydrogens is 289 g/mol. The number of hydrogen-bond donors (Lipinski definition) is 0. The van der Waals surface area contributed by atoms with Crippen molar-refractivity contribution in [1.82, 2.24) is 24.8 Å². The standard InChI is InChI=1S/C10H7BrFN5/c1-16-7-2-3-8(10(12)6(7)4-13-16)17-5-9(11)14-15-17/h2-5H,1H3. The fourth-order valence-electron chi connectivity index (χ4n) is 1.72. The summed E-state index contributed by atoms with van der Waals surface area (Å²) >= 11 is 3.17. The molecule has 0 saturated carbocycles. The number of nitrogens with zero attached hydrogens (tertiary/aromatic N) is 5. The van der Waals surface area contributed by atoms with E-state index in [0.29, 0.717) is 15.7 Å². The fraction of sp³-hybridized carbons (Fsp3) is 0.100. The molecule has 2 heterocycles. The van der Waals surface area contributed by atoms with Crippen molar-refractivity contribution in [3.8, 4) is 5.69 Å². The van der Waals surface area contributed by atoms with Gasteiger partial charge in [0.2, 0.25) is 0 Å². The van der Waals surface area contributed by atoms with Crippen molar-refractivity contribution < 1.29 is 4.39 Å². The second-order valence-corrected chi connectivity index (χ2v) is 4.40. The number of aryl methyl sites for hydroxylation is 1. The molecule has 0 bridgehead atoms. The maximum Gasteiger partial charge on any atom is 0.159 e. The molecule has 2 aromatic heterocycles. The number of hydrogen-bond acceptors (Lipinski definition) is 3. The summed E-state index contributed by atoms with van der Waals surface area (Å²) < 4.78 is 17.8. The Morgan fingerprint density at radius 2 is 2.18 bits per heavy atom. The lowest BCUT2D eigenvalue weighted by atomic mass is 10.2. The zero-order chi connectivity index (χ0) is 12.0. The zero-order valence-electron chi connectivity index (χ0n) is 8.80. The van der Waals surface area contributed by atoms with Crippen LogP contribution in [0.25, 0.3) is 16.6 Å².